The van der Waals surface area contributed by atoms with Gasteiger partial charge in [-0.3, -0.25) is 0 Å². The van der Waals surface area contributed by atoms with Crippen LogP contribution in [0.5, 0.6) is 0 Å². The van der Waals surface area contributed by atoms with Crippen LogP contribution in [0.2, 0.25) is 0 Å². The Hall–Kier alpha value is -5.32. The quantitative estimate of drug-likeness (QED) is 0.222. The summed E-state index contributed by atoms with van der Waals surface area (Å²) in [6, 6.07) is 38.5. The van der Waals surface area contributed by atoms with Crippen molar-refractivity contribution in [2.24, 2.45) is 0 Å². The smallest absolute Gasteiger partial charge is 0.103 e. The Bertz CT molecular complexity index is 2010. The van der Waals surface area contributed by atoms with Gasteiger partial charge in [0.05, 0.1) is 44.6 Å². The van der Waals surface area contributed by atoms with Crippen LogP contribution >= 0.6 is 0 Å². The molecule has 0 fully saturated rings. The summed E-state index contributed by atoms with van der Waals surface area (Å²) in [5.74, 6) is 0.174. The lowest BCUT2D eigenvalue weighted by Crippen LogP contribution is -2.16. The van der Waals surface area contributed by atoms with Gasteiger partial charge < -0.3 is 9.13 Å². The molecule has 5 aromatic carbocycles. The highest BCUT2D eigenvalue weighted by Crippen LogP contribution is 2.46. The maximum absolute atomic E-state index is 10.9. The van der Waals surface area contributed by atoms with E-state index in [0.29, 0.717) is 11.1 Å². The van der Waals surface area contributed by atoms with Crippen LogP contribution in [-0.2, 0) is 0 Å². The fraction of sp³-hybridized carbons (Fsp3) is 0.158. The number of hydrogen-bond acceptors (Lipinski definition) is 2. The van der Waals surface area contributed by atoms with Crippen LogP contribution in [0.3, 0.4) is 0 Å². The Balaban J connectivity index is 1.76. The van der Waals surface area contributed by atoms with Crippen LogP contribution in [0.25, 0.3) is 55.0 Å². The Morgan fingerprint density at radius 1 is 0.452 bits per heavy atom. The van der Waals surface area contributed by atoms with E-state index in [1.807, 2.05) is 24.3 Å². The molecule has 0 aliphatic rings. The van der Waals surface area contributed by atoms with Crippen molar-refractivity contribution in [1.29, 1.82) is 10.5 Å². The number of para-hydroxylation sites is 4. The second kappa shape index (κ2) is 9.65. The standard InChI is InChI=1S/C38H30N4/c1-23(2)35-36(24(3)4)38(42-33-19-11-7-15-27(33)28-16-8-12-20-34(28)42)30(22-40)29(21-39)37(35)41-31-17-9-5-13-25(31)26-14-6-10-18-32(26)41/h5-20,23-24H,1-4H3. The molecule has 0 atom stereocenters. The van der Waals surface area contributed by atoms with Gasteiger partial charge >= 0.3 is 0 Å². The molecule has 0 saturated heterocycles. The monoisotopic (exact) mass is 542 g/mol. The first-order valence-corrected chi connectivity index (χ1v) is 14.5. The Morgan fingerprint density at radius 2 is 0.714 bits per heavy atom. The van der Waals surface area contributed by atoms with E-state index >= 15 is 0 Å². The number of fused-ring (bicyclic) bond motifs is 6. The number of rotatable bonds is 4. The summed E-state index contributed by atoms with van der Waals surface area (Å²) in [5, 5.41) is 26.4. The van der Waals surface area contributed by atoms with E-state index in [4.69, 9.17) is 0 Å². The maximum atomic E-state index is 10.9. The normalized spacial score (nSPS) is 11.7. The molecule has 0 N–H and O–H groups in total. The number of aromatic nitrogens is 2. The zero-order chi connectivity index (χ0) is 29.1. The van der Waals surface area contributed by atoms with Gasteiger partial charge in [0.2, 0.25) is 0 Å². The van der Waals surface area contributed by atoms with Crippen molar-refractivity contribution in [3.05, 3.63) is 119 Å². The topological polar surface area (TPSA) is 57.4 Å². The molecule has 0 saturated carbocycles. The van der Waals surface area contributed by atoms with Crippen molar-refractivity contribution < 1.29 is 0 Å². The highest BCUT2D eigenvalue weighted by Gasteiger charge is 2.31. The van der Waals surface area contributed by atoms with Gasteiger partial charge in [-0.25, -0.2) is 0 Å². The van der Waals surface area contributed by atoms with Gasteiger partial charge in [-0.15, -0.1) is 0 Å². The zero-order valence-electron chi connectivity index (χ0n) is 24.2. The molecule has 7 rings (SSSR count). The highest BCUT2D eigenvalue weighted by molar-refractivity contribution is 6.11. The van der Waals surface area contributed by atoms with Crippen molar-refractivity contribution >= 4 is 43.6 Å². The summed E-state index contributed by atoms with van der Waals surface area (Å²) in [4.78, 5) is 0. The average Bonchev–Trinajstić information content (AvgIpc) is 3.52. The summed E-state index contributed by atoms with van der Waals surface area (Å²) in [7, 11) is 0. The molecule has 2 aromatic heterocycles. The van der Waals surface area contributed by atoms with E-state index < -0.39 is 0 Å². The highest BCUT2D eigenvalue weighted by atomic mass is 15.0. The lowest BCUT2D eigenvalue weighted by molar-refractivity contribution is 0.773. The van der Waals surface area contributed by atoms with Crippen LogP contribution in [0, 0.1) is 22.7 Å². The number of benzene rings is 5. The Kier molecular flexibility index (Phi) is 5.89. The van der Waals surface area contributed by atoms with Gasteiger partial charge in [-0.2, -0.15) is 10.5 Å². The molecule has 0 aliphatic carbocycles. The van der Waals surface area contributed by atoms with Gasteiger partial charge in [-0.1, -0.05) is 100 Å². The Labute approximate surface area is 245 Å². The lowest BCUT2D eigenvalue weighted by Gasteiger charge is -2.28. The van der Waals surface area contributed by atoms with E-state index in [1.54, 1.807) is 0 Å². The minimum atomic E-state index is 0.0870. The summed E-state index contributed by atoms with van der Waals surface area (Å²) < 4.78 is 4.45. The Morgan fingerprint density at radius 3 is 0.952 bits per heavy atom. The second-order valence-electron chi connectivity index (χ2n) is 11.5. The van der Waals surface area contributed by atoms with Gasteiger partial charge in [0, 0.05) is 21.5 Å². The average molecular weight is 543 g/mol. The molecular formula is C38H30N4. The number of hydrogen-bond donors (Lipinski definition) is 0. The van der Waals surface area contributed by atoms with Gasteiger partial charge in [0.1, 0.15) is 12.1 Å². The van der Waals surface area contributed by atoms with Crippen molar-refractivity contribution in [3.8, 4) is 23.5 Å². The van der Waals surface area contributed by atoms with Crippen LogP contribution in [0.1, 0.15) is 61.8 Å². The third-order valence-electron chi connectivity index (χ3n) is 8.51. The predicted molar refractivity (Wildman–Crippen MR) is 173 cm³/mol. The largest absolute Gasteiger partial charge is 0.308 e. The first-order chi connectivity index (χ1) is 20.5. The maximum Gasteiger partial charge on any atom is 0.103 e. The van der Waals surface area contributed by atoms with Crippen LogP contribution in [-0.4, -0.2) is 9.13 Å². The van der Waals surface area contributed by atoms with Gasteiger partial charge in [0.25, 0.3) is 0 Å². The number of nitrogens with zero attached hydrogens (tertiary/aromatic N) is 4. The molecular weight excluding hydrogens is 512 g/mol. The fourth-order valence-electron chi connectivity index (χ4n) is 6.94. The fourth-order valence-corrected chi connectivity index (χ4v) is 6.94. The molecule has 2 heterocycles. The van der Waals surface area contributed by atoms with Crippen molar-refractivity contribution in [1.82, 2.24) is 9.13 Å². The molecule has 0 aliphatic heterocycles. The minimum absolute atomic E-state index is 0.0870. The zero-order valence-corrected chi connectivity index (χ0v) is 24.2. The SMILES string of the molecule is CC(C)c1c(C(C)C)c(-n2c3ccccc3c3ccccc32)c(C#N)c(C#N)c1-n1c2ccccc2c2ccccc21. The summed E-state index contributed by atoms with van der Waals surface area (Å²) in [6.45, 7) is 8.78. The van der Waals surface area contributed by atoms with Crippen molar-refractivity contribution in [2.75, 3.05) is 0 Å². The molecule has 42 heavy (non-hydrogen) atoms. The predicted octanol–water partition coefficient (Wildman–Crippen LogP) is 9.87. The van der Waals surface area contributed by atoms with E-state index in [-0.39, 0.29) is 11.8 Å². The lowest BCUT2D eigenvalue weighted by atomic mass is 9.83. The van der Waals surface area contributed by atoms with Gasteiger partial charge in [-0.05, 0) is 47.2 Å². The molecule has 0 bridgehead atoms. The van der Waals surface area contributed by atoms with Crippen molar-refractivity contribution in [3.63, 3.8) is 0 Å². The summed E-state index contributed by atoms with van der Waals surface area (Å²) >= 11 is 0. The molecule has 202 valence electrons. The molecule has 4 heteroatoms. The molecule has 7 aromatic rings. The first kappa shape index (κ1) is 25.6. The molecule has 4 nitrogen and oxygen atoms in total. The molecule has 0 amide bonds. The first-order valence-electron chi connectivity index (χ1n) is 14.5. The van der Waals surface area contributed by atoms with E-state index in [9.17, 15) is 10.5 Å². The van der Waals surface area contributed by atoms with Crippen LogP contribution in [0.4, 0.5) is 0 Å². The molecule has 0 spiro atoms. The third kappa shape index (κ3) is 3.46. The minimum Gasteiger partial charge on any atom is -0.308 e. The van der Waals surface area contributed by atoms with Crippen LogP contribution < -0.4 is 0 Å². The summed E-state index contributed by atoms with van der Waals surface area (Å²) in [6.07, 6.45) is 0. The van der Waals surface area contributed by atoms with E-state index in [0.717, 1.165) is 66.1 Å². The van der Waals surface area contributed by atoms with Crippen molar-refractivity contribution in [2.45, 2.75) is 39.5 Å². The van der Waals surface area contributed by atoms with E-state index in [2.05, 4.69) is 122 Å². The second-order valence-corrected chi connectivity index (χ2v) is 11.5. The van der Waals surface area contributed by atoms with Gasteiger partial charge in [0.15, 0.2) is 0 Å². The van der Waals surface area contributed by atoms with Crippen LogP contribution in [0.15, 0.2) is 97.1 Å². The van der Waals surface area contributed by atoms with E-state index in [1.165, 1.54) is 0 Å². The third-order valence-corrected chi connectivity index (χ3v) is 8.51. The summed E-state index contributed by atoms with van der Waals surface area (Å²) in [5.41, 5.74) is 8.77. The molecule has 0 unspecified atom stereocenters. The molecule has 0 radical (unpaired) electrons. The number of nitriles is 2.